The molecule has 9 heteroatoms. The summed E-state index contributed by atoms with van der Waals surface area (Å²) in [6.45, 7) is 3.47. The van der Waals surface area contributed by atoms with E-state index in [4.69, 9.17) is 19.3 Å². The first-order chi connectivity index (χ1) is 24.8. The Hall–Kier alpha value is -2.77. The van der Waals surface area contributed by atoms with Gasteiger partial charge in [-0.1, -0.05) is 144 Å². The highest BCUT2D eigenvalue weighted by atomic mass is 31.2. The summed E-state index contributed by atoms with van der Waals surface area (Å²) in [5, 5.41) is 0. The molecule has 51 heavy (non-hydrogen) atoms. The maximum absolute atomic E-state index is 12.4. The van der Waals surface area contributed by atoms with Crippen LogP contribution in [0.5, 0.6) is 0 Å². The highest BCUT2D eigenvalue weighted by molar-refractivity contribution is 7.46. The standard InChI is InChI=1S/C42H69O8P/c1-3-5-7-9-11-13-15-17-19-20-21-22-23-25-26-28-30-32-34-36-41(43)48-38-40(39-49-51(45,46)47)50-42(44)37-35-33-31-29-27-24-18-16-14-12-10-8-6-4-2/h5,7,11,13,16-19,21-22,25-26,30,32,40H,3-4,6,8-10,12,14-15,20,23-24,27-29,31,33-39H2,1-2H3,(H2,45,46,47)/b7-5-,13-11-,18-16-,19-17-,22-21-,26-25-,32-30-/t40-/m1/s1. The minimum Gasteiger partial charge on any atom is -0.462 e. The molecule has 0 spiro atoms. The van der Waals surface area contributed by atoms with Crippen LogP contribution in [-0.2, 0) is 28.2 Å². The van der Waals surface area contributed by atoms with Crippen molar-refractivity contribution >= 4 is 19.8 Å². The lowest BCUT2D eigenvalue weighted by Gasteiger charge is -2.18. The molecule has 0 aliphatic carbocycles. The van der Waals surface area contributed by atoms with Gasteiger partial charge >= 0.3 is 19.8 Å². The number of unbranched alkanes of at least 4 members (excludes halogenated alkanes) is 10. The van der Waals surface area contributed by atoms with E-state index < -0.39 is 32.5 Å². The normalized spacial score (nSPS) is 13.4. The monoisotopic (exact) mass is 732 g/mol. The quantitative estimate of drug-likeness (QED) is 0.0290. The van der Waals surface area contributed by atoms with Crippen LogP contribution < -0.4 is 0 Å². The van der Waals surface area contributed by atoms with Crippen molar-refractivity contribution < 1.29 is 37.9 Å². The van der Waals surface area contributed by atoms with Gasteiger partial charge in [-0.3, -0.25) is 14.1 Å². The van der Waals surface area contributed by atoms with Crippen LogP contribution >= 0.6 is 7.82 Å². The number of rotatable bonds is 34. The summed E-state index contributed by atoms with van der Waals surface area (Å²) in [6.07, 6.45) is 48.9. The van der Waals surface area contributed by atoms with Crippen molar-refractivity contribution in [2.75, 3.05) is 13.2 Å². The average Bonchev–Trinajstić information content (AvgIpc) is 3.10. The number of carbonyl (C=O) groups excluding carboxylic acids is 2. The maximum Gasteiger partial charge on any atom is 0.469 e. The second kappa shape index (κ2) is 37.0. The van der Waals surface area contributed by atoms with Crippen molar-refractivity contribution in [2.45, 2.75) is 155 Å². The lowest BCUT2D eigenvalue weighted by molar-refractivity contribution is -0.161. The van der Waals surface area contributed by atoms with Crippen molar-refractivity contribution in [1.82, 2.24) is 0 Å². The third-order valence-electron chi connectivity index (χ3n) is 7.66. The van der Waals surface area contributed by atoms with Crippen LogP contribution in [0.25, 0.3) is 0 Å². The van der Waals surface area contributed by atoms with E-state index >= 15 is 0 Å². The fourth-order valence-corrected chi connectivity index (χ4v) is 5.16. The topological polar surface area (TPSA) is 119 Å². The molecule has 0 radical (unpaired) electrons. The molecule has 0 heterocycles. The van der Waals surface area contributed by atoms with Gasteiger partial charge in [-0.25, -0.2) is 4.57 Å². The van der Waals surface area contributed by atoms with Gasteiger partial charge in [0.15, 0.2) is 6.10 Å². The fourth-order valence-electron chi connectivity index (χ4n) is 4.80. The number of phosphoric ester groups is 1. The van der Waals surface area contributed by atoms with E-state index in [1.807, 2.05) is 12.2 Å². The molecule has 0 aromatic carbocycles. The van der Waals surface area contributed by atoms with Crippen LogP contribution in [-0.4, -0.2) is 41.0 Å². The molecule has 290 valence electrons. The Balaban J connectivity index is 4.12. The van der Waals surface area contributed by atoms with Crippen LogP contribution in [0, 0.1) is 0 Å². The van der Waals surface area contributed by atoms with Gasteiger partial charge < -0.3 is 19.3 Å². The van der Waals surface area contributed by atoms with E-state index in [1.54, 1.807) is 0 Å². The summed E-state index contributed by atoms with van der Waals surface area (Å²) in [6, 6.07) is 0. The SMILES string of the molecule is CC/C=C\C/C=C\C/C=C\C/C=C\C/C=C\C/C=C\CCC(=O)OC[C@H](COP(=O)(O)O)OC(=O)CCCCCCC/C=C\CCCCCCC. The molecule has 0 amide bonds. The predicted octanol–water partition coefficient (Wildman–Crippen LogP) is 11.7. The number of carbonyl (C=O) groups is 2. The summed E-state index contributed by atoms with van der Waals surface area (Å²) >= 11 is 0. The van der Waals surface area contributed by atoms with E-state index in [0.717, 1.165) is 77.0 Å². The van der Waals surface area contributed by atoms with Crippen molar-refractivity contribution in [3.05, 3.63) is 85.1 Å². The van der Waals surface area contributed by atoms with E-state index in [1.165, 1.54) is 32.1 Å². The van der Waals surface area contributed by atoms with Gasteiger partial charge in [-0.2, -0.15) is 0 Å². The number of hydrogen-bond acceptors (Lipinski definition) is 6. The maximum atomic E-state index is 12.4. The average molecular weight is 733 g/mol. The summed E-state index contributed by atoms with van der Waals surface area (Å²) < 4.78 is 26.2. The van der Waals surface area contributed by atoms with Crippen LogP contribution in [0.15, 0.2) is 85.1 Å². The Bertz CT molecular complexity index is 1100. The molecule has 2 N–H and O–H groups in total. The first-order valence-electron chi connectivity index (χ1n) is 19.4. The summed E-state index contributed by atoms with van der Waals surface area (Å²) in [5.41, 5.74) is 0. The van der Waals surface area contributed by atoms with Gasteiger partial charge in [0, 0.05) is 12.8 Å². The van der Waals surface area contributed by atoms with Gasteiger partial charge in [0.25, 0.3) is 0 Å². The molecule has 0 aliphatic heterocycles. The van der Waals surface area contributed by atoms with Crippen molar-refractivity contribution in [3.8, 4) is 0 Å². The molecule has 0 aromatic heterocycles. The molecule has 0 aromatic rings. The zero-order valence-electron chi connectivity index (χ0n) is 31.7. The highest BCUT2D eigenvalue weighted by Crippen LogP contribution is 2.35. The van der Waals surface area contributed by atoms with Crippen LogP contribution in [0.1, 0.15) is 149 Å². The Morgan fingerprint density at radius 2 is 0.980 bits per heavy atom. The molecule has 0 saturated heterocycles. The predicted molar refractivity (Wildman–Crippen MR) is 211 cm³/mol. The number of ether oxygens (including phenoxy) is 2. The molecule has 0 saturated carbocycles. The van der Waals surface area contributed by atoms with E-state index in [0.29, 0.717) is 12.8 Å². The van der Waals surface area contributed by atoms with E-state index in [9.17, 15) is 14.2 Å². The summed E-state index contributed by atoms with van der Waals surface area (Å²) in [5.74, 6) is -1.00. The molecule has 0 rings (SSSR count). The number of hydrogen-bond donors (Lipinski definition) is 2. The largest absolute Gasteiger partial charge is 0.469 e. The van der Waals surface area contributed by atoms with Crippen LogP contribution in [0.3, 0.4) is 0 Å². The highest BCUT2D eigenvalue weighted by Gasteiger charge is 2.22. The summed E-state index contributed by atoms with van der Waals surface area (Å²) in [4.78, 5) is 42.7. The first-order valence-corrected chi connectivity index (χ1v) is 20.9. The third kappa shape index (κ3) is 39.9. The van der Waals surface area contributed by atoms with Crippen molar-refractivity contribution in [2.24, 2.45) is 0 Å². The Morgan fingerprint density at radius 1 is 0.529 bits per heavy atom. The molecule has 0 bridgehead atoms. The molecule has 8 nitrogen and oxygen atoms in total. The zero-order valence-corrected chi connectivity index (χ0v) is 32.6. The Labute approximate surface area is 310 Å². The smallest absolute Gasteiger partial charge is 0.462 e. The zero-order chi connectivity index (χ0) is 37.5. The lowest BCUT2D eigenvalue weighted by Crippen LogP contribution is -2.29. The van der Waals surface area contributed by atoms with Crippen LogP contribution in [0.4, 0.5) is 0 Å². The van der Waals surface area contributed by atoms with Crippen LogP contribution in [0.2, 0.25) is 0 Å². The molecular weight excluding hydrogens is 663 g/mol. The molecular formula is C42H69O8P. The fraction of sp³-hybridized carbons (Fsp3) is 0.619. The van der Waals surface area contributed by atoms with E-state index in [2.05, 4.69) is 91.3 Å². The minimum absolute atomic E-state index is 0.136. The van der Waals surface area contributed by atoms with Gasteiger partial charge in [-0.15, -0.1) is 0 Å². The molecule has 0 aliphatic rings. The van der Waals surface area contributed by atoms with Gasteiger partial charge in [0.1, 0.15) is 6.61 Å². The van der Waals surface area contributed by atoms with Crippen molar-refractivity contribution in [3.63, 3.8) is 0 Å². The summed E-state index contributed by atoms with van der Waals surface area (Å²) in [7, 11) is -4.77. The number of phosphoric acid groups is 1. The van der Waals surface area contributed by atoms with E-state index in [-0.39, 0.29) is 19.4 Å². The van der Waals surface area contributed by atoms with Gasteiger partial charge in [-0.05, 0) is 77.0 Å². The second-order valence-electron chi connectivity index (χ2n) is 12.5. The van der Waals surface area contributed by atoms with Gasteiger partial charge in [0.05, 0.1) is 6.61 Å². The minimum atomic E-state index is -4.77. The Kier molecular flexibility index (Phi) is 35.0. The number of allylic oxidation sites excluding steroid dienone is 14. The Morgan fingerprint density at radius 3 is 1.49 bits per heavy atom. The lowest BCUT2D eigenvalue weighted by atomic mass is 10.1. The second-order valence-corrected chi connectivity index (χ2v) is 13.8. The van der Waals surface area contributed by atoms with Crippen molar-refractivity contribution in [1.29, 1.82) is 0 Å². The number of esters is 2. The molecule has 1 atom stereocenters. The molecule has 0 fully saturated rings. The van der Waals surface area contributed by atoms with Gasteiger partial charge in [0.2, 0.25) is 0 Å². The first kappa shape index (κ1) is 48.2. The third-order valence-corrected chi connectivity index (χ3v) is 8.15. The molecule has 0 unspecified atom stereocenters.